The van der Waals surface area contributed by atoms with Crippen LogP contribution in [0, 0.1) is 0 Å². The monoisotopic (exact) mass is 1510 g/mol. The van der Waals surface area contributed by atoms with Crippen LogP contribution < -0.4 is 19.9 Å². The third-order valence-electron chi connectivity index (χ3n) is 16.6. The van der Waals surface area contributed by atoms with Gasteiger partial charge in [0.15, 0.2) is 0 Å². The van der Waals surface area contributed by atoms with Crippen molar-refractivity contribution in [1.29, 1.82) is 0 Å². The van der Waals surface area contributed by atoms with E-state index >= 15 is 52.7 Å². The molecule has 28 heteroatoms. The van der Waals surface area contributed by atoms with Crippen LogP contribution in [0.5, 0.6) is 0 Å². The van der Waals surface area contributed by atoms with Gasteiger partial charge in [-0.05, 0) is 127 Å². The number of fused-ring (bicyclic) bond motifs is 16. The predicted octanol–water partition coefficient (Wildman–Crippen LogP) is 20.9. The predicted molar refractivity (Wildman–Crippen MR) is 344 cm³/mol. The largest absolute Gasteiger partial charge is 2.00 e. The van der Waals surface area contributed by atoms with Gasteiger partial charge in [-0.1, -0.05) is 170 Å². The molecular weight excluding hydrogens is 1480 g/mol. The SMILES string of the molecule is FC(F)(Cl)C(F)(F)C(F)(F)C(F)(F)c1c2nc(c(-c3ccccc3)c3ccc([n-]3)c(-c3c4nc(c(-c5ccccc5)c5ccc([n-]5)c(C(F)(F)C(F)(F)C(F)(F)C(F)(F)Cl)c5nc(c(-c6ccccc6)c6ccc3[n-]6)C=C5)C=C4)c3nc(c(-c4ccccc4)c4ccc1[n-]4)C=C3)C=C2.[Zn+2].[Zn+2]. The molecule has 10 heterocycles. The average Bonchev–Trinajstić information content (AvgIpc) is 1.10. The van der Waals surface area contributed by atoms with E-state index in [2.05, 4.69) is 43.1 Å². The number of aromatic nitrogens is 8. The summed E-state index contributed by atoms with van der Waals surface area (Å²) in [6.45, 7) is 0. The van der Waals surface area contributed by atoms with Gasteiger partial charge in [0.05, 0.1) is 45.6 Å². The molecule has 8 nitrogen and oxygen atoms in total. The number of benzene rings is 4. The number of alkyl halides is 18. The van der Waals surface area contributed by atoms with Gasteiger partial charge >= 0.3 is 85.3 Å². The molecule has 6 aromatic heterocycles. The van der Waals surface area contributed by atoms with Crippen LogP contribution in [-0.2, 0) is 50.8 Å². The fourth-order valence-electron chi connectivity index (χ4n) is 12.0. The van der Waals surface area contributed by atoms with Crippen molar-refractivity contribution < 1.29 is 109 Å². The zero-order chi connectivity index (χ0) is 69.3. The van der Waals surface area contributed by atoms with E-state index in [1.165, 1.54) is 24.3 Å². The van der Waals surface area contributed by atoms with E-state index < -0.39 is 79.8 Å². The molecule has 10 aromatic rings. The number of halogens is 18. The van der Waals surface area contributed by atoms with Gasteiger partial charge in [0, 0.05) is 11.1 Å². The molecule has 0 saturated heterocycles. The van der Waals surface area contributed by atoms with E-state index in [-0.39, 0.29) is 162 Å². The quantitative estimate of drug-likeness (QED) is 0.0638. The zero-order valence-electron chi connectivity index (χ0n) is 50.6. The third kappa shape index (κ3) is 11.4. The first-order valence-electron chi connectivity index (χ1n) is 29.2. The van der Waals surface area contributed by atoms with Crippen molar-refractivity contribution >= 4 is 116 Å². The van der Waals surface area contributed by atoms with Crippen molar-refractivity contribution in [3.8, 4) is 55.6 Å². The van der Waals surface area contributed by atoms with E-state index in [9.17, 15) is 17.6 Å². The van der Waals surface area contributed by atoms with Crippen molar-refractivity contribution in [1.82, 2.24) is 39.9 Å². The molecule has 4 aromatic carbocycles. The maximum absolute atomic E-state index is 17.0. The van der Waals surface area contributed by atoms with Crippen LogP contribution in [0.3, 0.4) is 0 Å². The fourth-order valence-corrected chi connectivity index (χ4v) is 12.2. The maximum Gasteiger partial charge on any atom is 2.00 e. The molecule has 14 rings (SSSR count). The number of rotatable bonds is 13. The molecule has 4 aliphatic heterocycles. The van der Waals surface area contributed by atoms with Crippen molar-refractivity contribution in [2.75, 3.05) is 0 Å². The third-order valence-corrected chi connectivity index (χ3v) is 17.1. The van der Waals surface area contributed by atoms with Gasteiger partial charge in [-0.25, -0.2) is 19.9 Å². The summed E-state index contributed by atoms with van der Waals surface area (Å²) >= 11 is 8.97. The minimum Gasteiger partial charge on any atom is -0.657 e. The summed E-state index contributed by atoms with van der Waals surface area (Å²) in [7, 11) is 0. The van der Waals surface area contributed by atoms with Gasteiger partial charge in [0.1, 0.15) is 0 Å². The number of hydrogen-bond donors (Lipinski definition) is 0. The Kier molecular flexibility index (Phi) is 18.0. The Morgan fingerprint density at radius 2 is 0.420 bits per heavy atom. The zero-order valence-corrected chi connectivity index (χ0v) is 58.0. The van der Waals surface area contributed by atoms with Crippen LogP contribution in [0.15, 0.2) is 170 Å². The molecule has 0 radical (unpaired) electrons. The molecule has 0 spiro atoms. The molecule has 0 fully saturated rings. The Morgan fingerprint density at radius 1 is 0.230 bits per heavy atom. The van der Waals surface area contributed by atoms with Crippen LogP contribution in [0.2, 0.25) is 0 Å². The topological polar surface area (TPSA) is 108 Å². The Morgan fingerprint density at radius 3 is 0.660 bits per heavy atom. The Hall–Kier alpha value is -9.21. The summed E-state index contributed by atoms with van der Waals surface area (Å²) in [6.07, 6.45) is 9.89. The first-order chi connectivity index (χ1) is 46.4. The number of nitrogens with zero attached hydrogens (tertiary/aromatic N) is 8. The van der Waals surface area contributed by atoms with Gasteiger partial charge < -0.3 is 19.9 Å². The summed E-state index contributed by atoms with van der Waals surface area (Å²) < 4.78 is 250. The first kappa shape index (κ1) is 70.6. The van der Waals surface area contributed by atoms with Gasteiger partial charge in [-0.3, -0.25) is 0 Å². The van der Waals surface area contributed by atoms with E-state index in [4.69, 9.17) is 19.9 Å². The Labute approximate surface area is 589 Å². The summed E-state index contributed by atoms with van der Waals surface area (Å²) in [5.74, 6) is -40.0. The van der Waals surface area contributed by atoms with Gasteiger partial charge in [-0.15, -0.1) is 44.1 Å². The smallest absolute Gasteiger partial charge is 0.657 e. The molecule has 100 heavy (non-hydrogen) atoms. The normalized spacial score (nSPS) is 13.6. The van der Waals surface area contributed by atoms with Gasteiger partial charge in [-0.2, -0.15) is 70.2 Å². The molecule has 0 amide bonds. The molecule has 0 unspecified atom stereocenters. The summed E-state index contributed by atoms with van der Waals surface area (Å²) in [5.41, 5.74) is -7.47. The van der Waals surface area contributed by atoms with E-state index in [0.717, 1.165) is 48.6 Å². The van der Waals surface area contributed by atoms with E-state index in [1.807, 2.05) is 0 Å². The van der Waals surface area contributed by atoms with E-state index in [0.29, 0.717) is 0 Å². The van der Waals surface area contributed by atoms with Gasteiger partial charge in [0.25, 0.3) is 0 Å². The van der Waals surface area contributed by atoms with Crippen LogP contribution in [0.4, 0.5) is 70.2 Å². The summed E-state index contributed by atoms with van der Waals surface area (Å²) in [5, 5.41) is -12.4. The minimum atomic E-state index is -6.92. The molecule has 0 N–H and O–H groups in total. The molecule has 494 valence electrons. The molecular formula is C72H36Cl2F16N8Zn2. The summed E-state index contributed by atoms with van der Waals surface area (Å²) in [6, 6.07) is 41.6. The second-order valence-electron chi connectivity index (χ2n) is 22.6. The van der Waals surface area contributed by atoms with Crippen molar-refractivity contribution in [2.24, 2.45) is 0 Å². The standard InChI is InChI=1S/C72H36Cl2F16N8.2Zn/c73-71(87,88)69(83,84)67(79,80)65(75,76)63-53-33-29-45(95-53)57(37-13-5-1-6-14-37)41-21-25-49(91-41)61(50-26-22-42(92-50)58(38-15-7-2-8-16-38)46-30-34-54(63)96-46)62-51-27-23-43(93-51)59(39-17-9-3-10-18-39)47-31-35-55(97-47)64(66(77,78)68(81,82)70(85,86)72(74,89)90)56-36-32-48(98-56)60(40-19-11-4-12-20-40)44-24-28-52(62)94-44;;/h1-36H;;/q-4;2*+2. The van der Waals surface area contributed by atoms with Crippen molar-refractivity contribution in [3.63, 3.8) is 0 Å². The van der Waals surface area contributed by atoms with Crippen molar-refractivity contribution in [3.05, 3.63) is 227 Å². The Balaban J connectivity index is 0.00000474. The van der Waals surface area contributed by atoms with Crippen LogP contribution in [-0.4, -0.2) is 54.4 Å². The summed E-state index contributed by atoms with van der Waals surface area (Å²) in [4.78, 5) is 38.1. The second kappa shape index (κ2) is 25.4. The van der Waals surface area contributed by atoms with Crippen molar-refractivity contribution in [2.45, 2.75) is 46.3 Å². The van der Waals surface area contributed by atoms with Crippen LogP contribution in [0.1, 0.15) is 56.7 Å². The fraction of sp³-hybridized carbons (Fsp3) is 0.111. The Bertz CT molecular complexity index is 4980. The number of hydrogen-bond acceptors (Lipinski definition) is 4. The molecule has 0 saturated carbocycles. The molecule has 4 aliphatic rings. The molecule has 0 aliphatic carbocycles. The molecule has 0 atom stereocenters. The van der Waals surface area contributed by atoms with E-state index in [1.54, 1.807) is 146 Å². The minimum absolute atomic E-state index is 0. The van der Waals surface area contributed by atoms with Crippen LogP contribution in [0.25, 0.3) is 148 Å². The second-order valence-corrected chi connectivity index (χ2v) is 23.6. The van der Waals surface area contributed by atoms with Gasteiger partial charge in [0.2, 0.25) is 0 Å². The van der Waals surface area contributed by atoms with Crippen LogP contribution >= 0.6 is 23.2 Å². The average molecular weight is 1520 g/mol. The molecule has 16 bridgehead atoms. The first-order valence-corrected chi connectivity index (χ1v) is 29.9. The maximum atomic E-state index is 17.0.